The maximum atomic E-state index is 12.5. The second-order valence-corrected chi connectivity index (χ2v) is 3.82. The predicted octanol–water partition coefficient (Wildman–Crippen LogP) is 1.97. The second kappa shape index (κ2) is 3.74. The van der Waals surface area contributed by atoms with Gasteiger partial charge in [-0.05, 0) is 11.6 Å². The van der Waals surface area contributed by atoms with Gasteiger partial charge in [-0.15, -0.1) is 0 Å². The molecule has 0 aliphatic rings. The van der Waals surface area contributed by atoms with Crippen LogP contribution in [0.1, 0.15) is 25.8 Å². The monoisotopic (exact) mass is 197 g/mol. The van der Waals surface area contributed by atoms with Crippen molar-refractivity contribution < 1.29 is 14.3 Å². The third-order valence-corrected chi connectivity index (χ3v) is 2.10. The summed E-state index contributed by atoms with van der Waals surface area (Å²) in [5.74, 6) is -1.43. The minimum absolute atomic E-state index is 0.000310. The van der Waals surface area contributed by atoms with E-state index in [9.17, 15) is 9.18 Å². The zero-order chi connectivity index (χ0) is 10.8. The number of nitrogens with zero attached hydrogens (tertiary/aromatic N) is 1. The van der Waals surface area contributed by atoms with E-state index in [0.717, 1.165) is 5.56 Å². The average Bonchev–Trinajstić information content (AvgIpc) is 2.02. The molecule has 1 aromatic rings. The number of carboxylic acids is 1. The molecule has 0 radical (unpaired) electrons. The van der Waals surface area contributed by atoms with Gasteiger partial charge in [0.2, 0.25) is 5.95 Å². The van der Waals surface area contributed by atoms with Gasteiger partial charge in [0.05, 0.1) is 6.42 Å². The lowest BCUT2D eigenvalue weighted by atomic mass is 9.82. The Morgan fingerprint density at radius 2 is 2.21 bits per heavy atom. The Morgan fingerprint density at radius 3 is 2.64 bits per heavy atom. The fourth-order valence-electron chi connectivity index (χ4n) is 1.26. The summed E-state index contributed by atoms with van der Waals surface area (Å²) in [7, 11) is 0. The first-order chi connectivity index (χ1) is 6.42. The Labute approximate surface area is 81.6 Å². The van der Waals surface area contributed by atoms with E-state index in [1.807, 2.05) is 0 Å². The van der Waals surface area contributed by atoms with E-state index >= 15 is 0 Å². The molecule has 0 unspecified atom stereocenters. The molecule has 1 heterocycles. The van der Waals surface area contributed by atoms with Crippen molar-refractivity contribution in [1.82, 2.24) is 4.98 Å². The third-order valence-electron chi connectivity index (χ3n) is 2.10. The Hall–Kier alpha value is -1.45. The first-order valence-corrected chi connectivity index (χ1v) is 4.25. The molecule has 0 amide bonds. The van der Waals surface area contributed by atoms with Crippen LogP contribution in [0.15, 0.2) is 18.3 Å². The molecule has 0 saturated heterocycles. The quantitative estimate of drug-likeness (QED) is 0.753. The Balaban J connectivity index is 2.91. The Morgan fingerprint density at radius 1 is 1.57 bits per heavy atom. The van der Waals surface area contributed by atoms with Gasteiger partial charge in [0.25, 0.3) is 0 Å². The van der Waals surface area contributed by atoms with E-state index in [1.165, 1.54) is 12.3 Å². The first kappa shape index (κ1) is 10.6. The number of pyridine rings is 1. The van der Waals surface area contributed by atoms with Crippen LogP contribution in [0.5, 0.6) is 0 Å². The fourth-order valence-corrected chi connectivity index (χ4v) is 1.26. The normalized spacial score (nSPS) is 11.4. The molecule has 1 rings (SSSR count). The molecule has 14 heavy (non-hydrogen) atoms. The van der Waals surface area contributed by atoms with Crippen LogP contribution < -0.4 is 0 Å². The molecule has 3 nitrogen and oxygen atoms in total. The van der Waals surface area contributed by atoms with E-state index in [4.69, 9.17) is 5.11 Å². The molecule has 1 N–H and O–H groups in total. The molecule has 0 aliphatic carbocycles. The molecule has 1 aromatic heterocycles. The van der Waals surface area contributed by atoms with Gasteiger partial charge in [-0.1, -0.05) is 19.9 Å². The molecule has 76 valence electrons. The number of hydrogen-bond acceptors (Lipinski definition) is 2. The zero-order valence-corrected chi connectivity index (χ0v) is 8.12. The molecule has 0 atom stereocenters. The molecule has 0 saturated carbocycles. The minimum Gasteiger partial charge on any atom is -0.481 e. The fraction of sp³-hybridized carbons (Fsp3) is 0.400. The predicted molar refractivity (Wildman–Crippen MR) is 49.5 cm³/mol. The van der Waals surface area contributed by atoms with Crippen LogP contribution in [-0.2, 0) is 10.2 Å². The molecule has 4 heteroatoms. The van der Waals surface area contributed by atoms with Gasteiger partial charge in [-0.3, -0.25) is 4.79 Å². The topological polar surface area (TPSA) is 50.2 Å². The van der Waals surface area contributed by atoms with Crippen molar-refractivity contribution in [2.75, 3.05) is 0 Å². The van der Waals surface area contributed by atoms with Crippen molar-refractivity contribution in [3.05, 3.63) is 29.8 Å². The smallest absolute Gasteiger partial charge is 0.304 e. The van der Waals surface area contributed by atoms with Crippen molar-refractivity contribution >= 4 is 5.97 Å². The maximum Gasteiger partial charge on any atom is 0.304 e. The van der Waals surface area contributed by atoms with Crippen LogP contribution in [-0.4, -0.2) is 16.1 Å². The lowest BCUT2D eigenvalue weighted by Gasteiger charge is -2.22. The van der Waals surface area contributed by atoms with E-state index in [1.54, 1.807) is 19.9 Å². The molecule has 0 spiro atoms. The summed E-state index contributed by atoms with van der Waals surface area (Å²) in [5, 5.41) is 8.67. The van der Waals surface area contributed by atoms with Crippen molar-refractivity contribution in [3.8, 4) is 0 Å². The third kappa shape index (κ3) is 2.52. The zero-order valence-electron chi connectivity index (χ0n) is 8.12. The van der Waals surface area contributed by atoms with Crippen molar-refractivity contribution in [2.24, 2.45) is 0 Å². The molecular formula is C10H12FNO2. The summed E-state index contributed by atoms with van der Waals surface area (Å²) in [6.45, 7) is 3.58. The van der Waals surface area contributed by atoms with Crippen molar-refractivity contribution in [3.63, 3.8) is 0 Å². The van der Waals surface area contributed by atoms with Crippen LogP contribution >= 0.6 is 0 Å². The van der Waals surface area contributed by atoms with Crippen molar-refractivity contribution in [2.45, 2.75) is 25.7 Å². The summed E-state index contributed by atoms with van der Waals surface area (Å²) in [6.07, 6.45) is 1.37. The molecule has 0 aromatic carbocycles. The highest BCUT2D eigenvalue weighted by molar-refractivity contribution is 5.68. The molecular weight excluding hydrogens is 185 g/mol. The van der Waals surface area contributed by atoms with E-state index in [2.05, 4.69) is 4.98 Å². The average molecular weight is 197 g/mol. The maximum absolute atomic E-state index is 12.5. The van der Waals surface area contributed by atoms with Gasteiger partial charge in [0.1, 0.15) is 0 Å². The van der Waals surface area contributed by atoms with E-state index in [-0.39, 0.29) is 6.42 Å². The second-order valence-electron chi connectivity index (χ2n) is 3.82. The van der Waals surface area contributed by atoms with Crippen LogP contribution in [0.25, 0.3) is 0 Å². The van der Waals surface area contributed by atoms with Crippen LogP contribution in [0.3, 0.4) is 0 Å². The van der Waals surface area contributed by atoms with Gasteiger partial charge < -0.3 is 5.11 Å². The number of hydrogen-bond donors (Lipinski definition) is 1. The van der Waals surface area contributed by atoms with E-state index < -0.39 is 17.3 Å². The molecule has 0 bridgehead atoms. The largest absolute Gasteiger partial charge is 0.481 e. The summed E-state index contributed by atoms with van der Waals surface area (Å²) in [6, 6.07) is 2.80. The summed E-state index contributed by atoms with van der Waals surface area (Å²) in [4.78, 5) is 14.1. The molecule has 0 fully saturated rings. The summed E-state index contributed by atoms with van der Waals surface area (Å²) < 4.78 is 12.5. The first-order valence-electron chi connectivity index (χ1n) is 4.25. The highest BCUT2D eigenvalue weighted by Gasteiger charge is 2.24. The standard InChI is InChI=1S/C10H12FNO2/c1-10(2,5-9(13)14)7-3-4-8(11)12-6-7/h3-4,6H,5H2,1-2H3,(H,13,14). The van der Waals surface area contributed by atoms with Gasteiger partial charge in [-0.2, -0.15) is 4.39 Å². The number of carbonyl (C=O) groups is 1. The number of rotatable bonds is 3. The van der Waals surface area contributed by atoms with Crippen LogP contribution in [0.2, 0.25) is 0 Å². The van der Waals surface area contributed by atoms with Crippen LogP contribution in [0.4, 0.5) is 4.39 Å². The minimum atomic E-state index is -0.876. The lowest BCUT2D eigenvalue weighted by molar-refractivity contribution is -0.138. The Bertz CT molecular complexity index is 332. The lowest BCUT2D eigenvalue weighted by Crippen LogP contribution is -2.21. The van der Waals surface area contributed by atoms with E-state index in [0.29, 0.717) is 0 Å². The van der Waals surface area contributed by atoms with Gasteiger partial charge in [0, 0.05) is 11.6 Å². The van der Waals surface area contributed by atoms with Crippen LogP contribution in [0, 0.1) is 5.95 Å². The number of halogens is 1. The highest BCUT2D eigenvalue weighted by atomic mass is 19.1. The van der Waals surface area contributed by atoms with Crippen molar-refractivity contribution in [1.29, 1.82) is 0 Å². The number of carboxylic acid groups (broad SMARTS) is 1. The highest BCUT2D eigenvalue weighted by Crippen LogP contribution is 2.26. The summed E-state index contributed by atoms with van der Waals surface area (Å²) >= 11 is 0. The SMILES string of the molecule is CC(C)(CC(=O)O)c1ccc(F)nc1. The molecule has 0 aliphatic heterocycles. The van der Waals surface area contributed by atoms with Gasteiger partial charge in [0.15, 0.2) is 0 Å². The number of aliphatic carboxylic acids is 1. The summed E-state index contributed by atoms with van der Waals surface area (Å²) in [5.41, 5.74) is 0.202. The van der Waals surface area contributed by atoms with Gasteiger partial charge in [-0.25, -0.2) is 4.98 Å². The Kier molecular flexibility index (Phi) is 2.84. The van der Waals surface area contributed by atoms with Gasteiger partial charge >= 0.3 is 5.97 Å². The number of aromatic nitrogens is 1.